The summed E-state index contributed by atoms with van der Waals surface area (Å²) in [7, 11) is 0. The molecule has 2 amide bonds. The lowest BCUT2D eigenvalue weighted by atomic mass is 9.64. The van der Waals surface area contributed by atoms with E-state index in [1.807, 2.05) is 27.7 Å². The predicted molar refractivity (Wildman–Crippen MR) is 54.5 cm³/mol. The van der Waals surface area contributed by atoms with Crippen molar-refractivity contribution in [3.05, 3.63) is 12.2 Å². The molecule has 0 aromatic rings. The van der Waals surface area contributed by atoms with Crippen molar-refractivity contribution in [3.8, 4) is 0 Å². The largest absolute Gasteiger partial charge is 0.274 e. The van der Waals surface area contributed by atoms with Crippen LogP contribution in [0.25, 0.3) is 0 Å². The summed E-state index contributed by atoms with van der Waals surface area (Å²) in [6.45, 7) is 12.7. The number of likely N-dealkylation sites (tertiary alicyclic amines) is 1. The topological polar surface area (TPSA) is 37.4 Å². The minimum Gasteiger partial charge on any atom is -0.274 e. The van der Waals surface area contributed by atoms with Gasteiger partial charge < -0.3 is 0 Å². The van der Waals surface area contributed by atoms with Crippen molar-refractivity contribution >= 4 is 11.8 Å². The van der Waals surface area contributed by atoms with Crippen LogP contribution in [0.4, 0.5) is 0 Å². The van der Waals surface area contributed by atoms with Crippen LogP contribution in [0.5, 0.6) is 0 Å². The van der Waals surface area contributed by atoms with Gasteiger partial charge >= 0.3 is 0 Å². The molecule has 0 saturated carbocycles. The van der Waals surface area contributed by atoms with Crippen LogP contribution < -0.4 is 0 Å². The quantitative estimate of drug-likeness (QED) is 0.472. The second kappa shape index (κ2) is 2.69. The van der Waals surface area contributed by atoms with E-state index in [9.17, 15) is 9.59 Å². The molecule has 0 unspecified atom stereocenters. The SMILES string of the molecule is C=C(C)C(=O)N1C(=O)C(C)(C)C1(C)C. The van der Waals surface area contributed by atoms with E-state index >= 15 is 0 Å². The lowest BCUT2D eigenvalue weighted by molar-refractivity contribution is -0.186. The fourth-order valence-electron chi connectivity index (χ4n) is 1.56. The van der Waals surface area contributed by atoms with Crippen molar-refractivity contribution in [1.29, 1.82) is 0 Å². The highest BCUT2D eigenvalue weighted by Gasteiger charge is 2.62. The molecule has 3 nitrogen and oxygen atoms in total. The summed E-state index contributed by atoms with van der Waals surface area (Å²) in [5.74, 6) is -0.380. The summed E-state index contributed by atoms with van der Waals surface area (Å²) in [5, 5.41) is 0. The van der Waals surface area contributed by atoms with Crippen molar-refractivity contribution in [2.75, 3.05) is 0 Å². The first kappa shape index (κ1) is 11.0. The fourth-order valence-corrected chi connectivity index (χ4v) is 1.56. The van der Waals surface area contributed by atoms with Gasteiger partial charge in [0.25, 0.3) is 5.91 Å². The molecule has 0 spiro atoms. The standard InChI is InChI=1S/C11H17NO2/c1-7(2)8(13)12-9(14)10(3,4)11(12,5)6/h1H2,2-6H3. The third kappa shape index (κ3) is 1.04. The van der Waals surface area contributed by atoms with E-state index in [1.54, 1.807) is 6.92 Å². The second-order valence-electron chi connectivity index (χ2n) is 4.91. The van der Waals surface area contributed by atoms with E-state index in [0.29, 0.717) is 5.57 Å². The molecular weight excluding hydrogens is 178 g/mol. The van der Waals surface area contributed by atoms with E-state index in [4.69, 9.17) is 0 Å². The lowest BCUT2D eigenvalue weighted by Gasteiger charge is -2.58. The molecule has 1 fully saturated rings. The first-order chi connectivity index (χ1) is 6.14. The Hall–Kier alpha value is -1.12. The van der Waals surface area contributed by atoms with Gasteiger partial charge in [0.15, 0.2) is 0 Å². The molecule has 0 N–H and O–H groups in total. The highest BCUT2D eigenvalue weighted by Crippen LogP contribution is 2.47. The number of hydrogen-bond acceptors (Lipinski definition) is 2. The van der Waals surface area contributed by atoms with Crippen molar-refractivity contribution in [1.82, 2.24) is 4.90 Å². The highest BCUT2D eigenvalue weighted by atomic mass is 16.2. The number of nitrogens with zero attached hydrogens (tertiary/aromatic N) is 1. The summed E-state index contributed by atoms with van der Waals surface area (Å²) in [4.78, 5) is 24.7. The van der Waals surface area contributed by atoms with Crippen molar-refractivity contribution < 1.29 is 9.59 Å². The molecule has 1 heterocycles. The summed E-state index contributed by atoms with van der Waals surface area (Å²) >= 11 is 0. The molecule has 0 atom stereocenters. The summed E-state index contributed by atoms with van der Waals surface area (Å²) < 4.78 is 0. The van der Waals surface area contributed by atoms with Crippen molar-refractivity contribution in [3.63, 3.8) is 0 Å². The Labute approximate surface area is 84.8 Å². The first-order valence-electron chi connectivity index (χ1n) is 4.68. The number of amides is 2. The van der Waals surface area contributed by atoms with Gasteiger partial charge in [-0.05, 0) is 34.6 Å². The third-order valence-corrected chi connectivity index (χ3v) is 3.39. The minimum absolute atomic E-state index is 0.115. The van der Waals surface area contributed by atoms with Gasteiger partial charge in [-0.2, -0.15) is 0 Å². The molecule has 1 aliphatic heterocycles. The van der Waals surface area contributed by atoms with E-state index in [0.717, 1.165) is 0 Å². The van der Waals surface area contributed by atoms with E-state index in [1.165, 1.54) is 4.90 Å². The molecule has 1 saturated heterocycles. The molecular formula is C11H17NO2. The lowest BCUT2D eigenvalue weighted by Crippen LogP contribution is -2.74. The monoisotopic (exact) mass is 195 g/mol. The minimum atomic E-state index is -0.460. The third-order valence-electron chi connectivity index (χ3n) is 3.39. The van der Waals surface area contributed by atoms with Gasteiger partial charge in [-0.15, -0.1) is 0 Å². The van der Waals surface area contributed by atoms with Crippen LogP contribution in [-0.2, 0) is 9.59 Å². The Bertz CT molecular complexity index is 326. The van der Waals surface area contributed by atoms with Gasteiger partial charge in [0.1, 0.15) is 0 Å². The molecule has 0 aromatic heterocycles. The molecule has 0 aromatic carbocycles. The molecule has 14 heavy (non-hydrogen) atoms. The zero-order chi connectivity index (χ0) is 11.3. The summed E-state index contributed by atoms with van der Waals surface area (Å²) in [6, 6.07) is 0. The van der Waals surface area contributed by atoms with Gasteiger partial charge in [-0.25, -0.2) is 0 Å². The Kier molecular flexibility index (Phi) is 2.10. The van der Waals surface area contributed by atoms with E-state index in [2.05, 4.69) is 6.58 Å². The smallest absolute Gasteiger partial charge is 0.256 e. The zero-order valence-electron chi connectivity index (χ0n) is 9.47. The van der Waals surface area contributed by atoms with Crippen LogP contribution in [0.1, 0.15) is 34.6 Å². The number of imide groups is 1. The van der Waals surface area contributed by atoms with Crippen LogP contribution in [0.15, 0.2) is 12.2 Å². The van der Waals surface area contributed by atoms with Crippen molar-refractivity contribution in [2.24, 2.45) is 5.41 Å². The average Bonchev–Trinajstić information content (AvgIpc) is 2.03. The molecule has 0 bridgehead atoms. The maximum Gasteiger partial charge on any atom is 0.256 e. The van der Waals surface area contributed by atoms with Crippen LogP contribution in [0.3, 0.4) is 0 Å². The predicted octanol–water partition coefficient (Wildman–Crippen LogP) is 1.74. The van der Waals surface area contributed by atoms with Gasteiger partial charge in [-0.3, -0.25) is 14.5 Å². The summed E-state index contributed by atoms with van der Waals surface area (Å²) in [5.41, 5.74) is -0.472. The maximum atomic E-state index is 11.7. The molecule has 0 radical (unpaired) electrons. The number of carbonyl (C=O) groups excluding carboxylic acids is 2. The average molecular weight is 195 g/mol. The van der Waals surface area contributed by atoms with Crippen LogP contribution >= 0.6 is 0 Å². The second-order valence-corrected chi connectivity index (χ2v) is 4.91. The summed E-state index contributed by atoms with van der Waals surface area (Å²) in [6.07, 6.45) is 0. The van der Waals surface area contributed by atoms with Crippen LogP contribution in [0.2, 0.25) is 0 Å². The molecule has 78 valence electrons. The molecule has 3 heteroatoms. The van der Waals surface area contributed by atoms with Gasteiger partial charge in [0.2, 0.25) is 5.91 Å². The Balaban J connectivity index is 3.02. The number of β-lactam (4-membered cyclic amide) rings is 1. The normalized spacial score (nSPS) is 22.9. The van der Waals surface area contributed by atoms with E-state index in [-0.39, 0.29) is 11.8 Å². The molecule has 1 rings (SSSR count). The Morgan fingerprint density at radius 2 is 1.71 bits per heavy atom. The zero-order valence-corrected chi connectivity index (χ0v) is 9.47. The Morgan fingerprint density at radius 3 is 2.00 bits per heavy atom. The van der Waals surface area contributed by atoms with Gasteiger partial charge in [0.05, 0.1) is 11.0 Å². The molecule has 1 aliphatic rings. The van der Waals surface area contributed by atoms with E-state index < -0.39 is 11.0 Å². The number of carbonyl (C=O) groups is 2. The number of hydrogen-bond donors (Lipinski definition) is 0. The van der Waals surface area contributed by atoms with Gasteiger partial charge in [0, 0.05) is 5.57 Å². The van der Waals surface area contributed by atoms with Crippen LogP contribution in [-0.4, -0.2) is 22.3 Å². The van der Waals surface area contributed by atoms with Gasteiger partial charge in [-0.1, -0.05) is 6.58 Å². The Morgan fingerprint density at radius 1 is 1.29 bits per heavy atom. The van der Waals surface area contributed by atoms with Crippen LogP contribution in [0, 0.1) is 5.41 Å². The fraction of sp³-hybridized carbons (Fsp3) is 0.636. The van der Waals surface area contributed by atoms with Crippen molar-refractivity contribution in [2.45, 2.75) is 40.2 Å². The highest BCUT2D eigenvalue weighted by molar-refractivity contribution is 6.10. The first-order valence-corrected chi connectivity index (χ1v) is 4.68. The molecule has 0 aliphatic carbocycles. The maximum absolute atomic E-state index is 11.7. The number of rotatable bonds is 1.